The van der Waals surface area contributed by atoms with Gasteiger partial charge < -0.3 is 15.2 Å². The maximum absolute atomic E-state index is 6.18. The molecule has 0 aromatic heterocycles. The summed E-state index contributed by atoms with van der Waals surface area (Å²) in [6.07, 6.45) is 1.07. The van der Waals surface area contributed by atoms with Crippen LogP contribution in [0, 0.1) is 5.41 Å². The van der Waals surface area contributed by atoms with Crippen LogP contribution < -0.4 is 15.2 Å². The Hall–Kier alpha value is -1.26. The maximum Gasteiger partial charge on any atom is 0.231 e. The zero-order valence-electron chi connectivity index (χ0n) is 11.7. The lowest BCUT2D eigenvalue weighted by Crippen LogP contribution is -2.52. The third-order valence-electron chi connectivity index (χ3n) is 4.23. The Morgan fingerprint density at radius 3 is 2.89 bits per heavy atom. The van der Waals surface area contributed by atoms with Gasteiger partial charge in [-0.1, -0.05) is 19.9 Å². The fourth-order valence-corrected chi connectivity index (χ4v) is 2.92. The molecule has 4 heteroatoms. The highest BCUT2D eigenvalue weighted by molar-refractivity contribution is 5.44. The van der Waals surface area contributed by atoms with Crippen LogP contribution in [0.15, 0.2) is 18.2 Å². The number of benzene rings is 1. The minimum atomic E-state index is 0.189. The van der Waals surface area contributed by atoms with Crippen molar-refractivity contribution in [3.63, 3.8) is 0 Å². The summed E-state index contributed by atoms with van der Waals surface area (Å²) in [7, 11) is 0. The molecule has 2 N–H and O–H groups in total. The number of fused-ring (bicyclic) bond motifs is 1. The second-order valence-electron chi connectivity index (χ2n) is 6.28. The number of likely N-dealkylation sites (tertiary alicyclic amines) is 1. The van der Waals surface area contributed by atoms with E-state index in [9.17, 15) is 0 Å². The summed E-state index contributed by atoms with van der Waals surface area (Å²) in [5, 5.41) is 0. The third-order valence-corrected chi connectivity index (χ3v) is 4.23. The van der Waals surface area contributed by atoms with Crippen molar-refractivity contribution in [2.45, 2.75) is 32.9 Å². The molecule has 1 atom stereocenters. The van der Waals surface area contributed by atoms with Crippen LogP contribution in [-0.4, -0.2) is 30.8 Å². The summed E-state index contributed by atoms with van der Waals surface area (Å²) in [5.41, 5.74) is 7.64. The van der Waals surface area contributed by atoms with Crippen molar-refractivity contribution in [1.82, 2.24) is 4.90 Å². The largest absolute Gasteiger partial charge is 0.454 e. The minimum Gasteiger partial charge on any atom is -0.454 e. The first-order valence-electron chi connectivity index (χ1n) is 6.91. The third kappa shape index (κ3) is 2.55. The molecule has 0 spiro atoms. The Bertz CT molecular complexity index is 473. The molecule has 0 amide bonds. The second-order valence-corrected chi connectivity index (χ2v) is 6.28. The predicted octanol–water partition coefficient (Wildman–Crippen LogP) is 1.97. The van der Waals surface area contributed by atoms with E-state index in [1.165, 1.54) is 5.56 Å². The standard InChI is InChI=1S/C15H22N2O2/c1-15(2)9-17(6-5-14(15)16)8-11-3-4-12-13(7-11)19-10-18-12/h3-4,7,14H,5-6,8-10,16H2,1-2H3. The maximum atomic E-state index is 6.18. The summed E-state index contributed by atoms with van der Waals surface area (Å²) >= 11 is 0. The first kappa shape index (κ1) is 12.8. The molecule has 3 rings (SSSR count). The van der Waals surface area contributed by atoms with Crippen molar-refractivity contribution >= 4 is 0 Å². The van der Waals surface area contributed by atoms with Gasteiger partial charge >= 0.3 is 0 Å². The van der Waals surface area contributed by atoms with Gasteiger partial charge in [0.25, 0.3) is 0 Å². The number of rotatable bonds is 2. The van der Waals surface area contributed by atoms with Crippen LogP contribution in [0.25, 0.3) is 0 Å². The van der Waals surface area contributed by atoms with Crippen LogP contribution in [0.1, 0.15) is 25.8 Å². The molecule has 104 valence electrons. The number of hydrogen-bond acceptors (Lipinski definition) is 4. The van der Waals surface area contributed by atoms with Gasteiger partial charge in [-0.15, -0.1) is 0 Å². The number of ether oxygens (including phenoxy) is 2. The minimum absolute atomic E-state index is 0.189. The van der Waals surface area contributed by atoms with Crippen molar-refractivity contribution in [2.75, 3.05) is 19.9 Å². The van der Waals surface area contributed by atoms with E-state index in [-0.39, 0.29) is 5.41 Å². The van der Waals surface area contributed by atoms with Crippen molar-refractivity contribution in [2.24, 2.45) is 11.1 Å². The molecule has 4 nitrogen and oxygen atoms in total. The summed E-state index contributed by atoms with van der Waals surface area (Å²) < 4.78 is 10.8. The van der Waals surface area contributed by atoms with E-state index >= 15 is 0 Å². The number of piperidine rings is 1. The molecule has 0 radical (unpaired) electrons. The van der Waals surface area contributed by atoms with E-state index in [4.69, 9.17) is 15.2 Å². The van der Waals surface area contributed by atoms with E-state index in [1.807, 2.05) is 6.07 Å². The monoisotopic (exact) mass is 262 g/mol. The Morgan fingerprint density at radius 2 is 2.11 bits per heavy atom. The van der Waals surface area contributed by atoms with Gasteiger partial charge in [0.05, 0.1) is 0 Å². The van der Waals surface area contributed by atoms with Gasteiger partial charge in [-0.3, -0.25) is 4.90 Å². The van der Waals surface area contributed by atoms with Gasteiger partial charge in [0, 0.05) is 25.7 Å². The molecule has 2 aliphatic rings. The Kier molecular flexibility index (Phi) is 3.15. The number of nitrogens with two attached hydrogens (primary N) is 1. The van der Waals surface area contributed by atoms with Crippen LogP contribution in [-0.2, 0) is 6.54 Å². The van der Waals surface area contributed by atoms with Crippen LogP contribution in [0.5, 0.6) is 11.5 Å². The molecule has 1 saturated heterocycles. The van der Waals surface area contributed by atoms with Gasteiger partial charge in [-0.2, -0.15) is 0 Å². The molecule has 1 aromatic carbocycles. The quantitative estimate of drug-likeness (QED) is 0.885. The Morgan fingerprint density at radius 1 is 1.32 bits per heavy atom. The zero-order valence-corrected chi connectivity index (χ0v) is 11.7. The predicted molar refractivity (Wildman–Crippen MR) is 74.2 cm³/mol. The molecule has 19 heavy (non-hydrogen) atoms. The number of nitrogens with zero attached hydrogens (tertiary/aromatic N) is 1. The smallest absolute Gasteiger partial charge is 0.231 e. The van der Waals surface area contributed by atoms with Gasteiger partial charge in [0.1, 0.15) is 0 Å². The molecule has 1 fully saturated rings. The molecular formula is C15H22N2O2. The Balaban J connectivity index is 1.69. The molecule has 0 aliphatic carbocycles. The van der Waals surface area contributed by atoms with E-state index in [0.717, 1.165) is 37.6 Å². The lowest BCUT2D eigenvalue weighted by Gasteiger charge is -2.42. The van der Waals surface area contributed by atoms with Crippen molar-refractivity contribution in [3.8, 4) is 11.5 Å². The average Bonchev–Trinajstić information content (AvgIpc) is 2.81. The molecular weight excluding hydrogens is 240 g/mol. The fourth-order valence-electron chi connectivity index (χ4n) is 2.92. The van der Waals surface area contributed by atoms with E-state index in [0.29, 0.717) is 12.8 Å². The lowest BCUT2D eigenvalue weighted by atomic mass is 9.79. The molecule has 2 aliphatic heterocycles. The highest BCUT2D eigenvalue weighted by Gasteiger charge is 2.33. The van der Waals surface area contributed by atoms with E-state index in [1.54, 1.807) is 0 Å². The van der Waals surface area contributed by atoms with Gasteiger partial charge in [0.2, 0.25) is 6.79 Å². The Labute approximate surface area is 114 Å². The first-order valence-corrected chi connectivity index (χ1v) is 6.91. The second kappa shape index (κ2) is 4.69. The number of hydrogen-bond donors (Lipinski definition) is 1. The van der Waals surface area contributed by atoms with Gasteiger partial charge in [0.15, 0.2) is 11.5 Å². The van der Waals surface area contributed by atoms with E-state index < -0.39 is 0 Å². The van der Waals surface area contributed by atoms with E-state index in [2.05, 4.69) is 30.9 Å². The molecule has 0 bridgehead atoms. The molecule has 1 unspecified atom stereocenters. The molecule has 0 saturated carbocycles. The van der Waals surface area contributed by atoms with Crippen LogP contribution in [0.4, 0.5) is 0 Å². The summed E-state index contributed by atoms with van der Waals surface area (Å²) in [6, 6.07) is 6.51. The van der Waals surface area contributed by atoms with Crippen molar-refractivity contribution < 1.29 is 9.47 Å². The van der Waals surface area contributed by atoms with Crippen molar-refractivity contribution in [1.29, 1.82) is 0 Å². The van der Waals surface area contributed by atoms with Gasteiger partial charge in [-0.05, 0) is 29.5 Å². The summed E-state index contributed by atoms with van der Waals surface area (Å²) in [5.74, 6) is 1.72. The zero-order chi connectivity index (χ0) is 13.5. The normalized spacial score (nSPS) is 25.5. The van der Waals surface area contributed by atoms with Crippen LogP contribution >= 0.6 is 0 Å². The summed E-state index contributed by atoms with van der Waals surface area (Å²) in [4.78, 5) is 2.47. The topological polar surface area (TPSA) is 47.7 Å². The highest BCUT2D eigenvalue weighted by Crippen LogP contribution is 2.34. The van der Waals surface area contributed by atoms with Crippen LogP contribution in [0.3, 0.4) is 0 Å². The molecule has 1 aromatic rings. The average molecular weight is 262 g/mol. The van der Waals surface area contributed by atoms with Crippen molar-refractivity contribution in [3.05, 3.63) is 23.8 Å². The first-order chi connectivity index (χ1) is 9.04. The molecule has 2 heterocycles. The SMILES string of the molecule is CC1(C)CN(Cc2ccc3c(c2)OCO3)CCC1N. The summed E-state index contributed by atoms with van der Waals surface area (Å²) in [6.45, 7) is 7.91. The lowest BCUT2D eigenvalue weighted by molar-refractivity contribution is 0.0898. The highest BCUT2D eigenvalue weighted by atomic mass is 16.7. The van der Waals surface area contributed by atoms with Gasteiger partial charge in [-0.25, -0.2) is 0 Å². The fraction of sp³-hybridized carbons (Fsp3) is 0.600. The van der Waals surface area contributed by atoms with Crippen LogP contribution in [0.2, 0.25) is 0 Å².